The molecule has 3 rings (SSSR count). The van der Waals surface area contributed by atoms with Gasteiger partial charge in [0.1, 0.15) is 12.0 Å². The molecule has 1 N–H and O–H groups in total. The van der Waals surface area contributed by atoms with Crippen LogP contribution in [0, 0.1) is 0 Å². The number of aliphatic carboxylic acids is 1. The molecule has 7 heteroatoms. The van der Waals surface area contributed by atoms with Gasteiger partial charge in [-0.3, -0.25) is 0 Å². The first-order valence-electron chi connectivity index (χ1n) is 6.89. The molecule has 2 aromatic carbocycles. The van der Waals surface area contributed by atoms with Gasteiger partial charge in [-0.1, -0.05) is 35.3 Å². The van der Waals surface area contributed by atoms with E-state index in [0.717, 1.165) is 0 Å². The minimum Gasteiger partial charge on any atom is -0.478 e. The Hall–Kier alpha value is -2.50. The van der Waals surface area contributed by atoms with Gasteiger partial charge in [-0.05, 0) is 30.3 Å². The number of nitrogens with zero attached hydrogens (tertiary/aromatic N) is 1. The largest absolute Gasteiger partial charge is 0.478 e. The molecular formula is C17H11Cl2NO4. The van der Waals surface area contributed by atoms with Crippen molar-refractivity contribution < 1.29 is 19.1 Å². The summed E-state index contributed by atoms with van der Waals surface area (Å²) in [6, 6.07) is 11.2. The van der Waals surface area contributed by atoms with Crippen molar-refractivity contribution in [2.75, 3.05) is 0 Å². The van der Waals surface area contributed by atoms with E-state index in [1.165, 1.54) is 12.5 Å². The molecule has 0 amide bonds. The summed E-state index contributed by atoms with van der Waals surface area (Å²) in [6.07, 6.45) is 1.68. The first-order chi connectivity index (χ1) is 11.5. The molecule has 0 saturated carbocycles. The molecule has 0 saturated heterocycles. The molecule has 0 aliphatic heterocycles. The normalized spacial score (nSPS) is 11.9. The molecule has 3 aromatic rings. The van der Waals surface area contributed by atoms with E-state index in [1.54, 1.807) is 42.5 Å². The minimum absolute atomic E-state index is 0.285. The number of benzene rings is 2. The van der Waals surface area contributed by atoms with Gasteiger partial charge >= 0.3 is 5.97 Å². The van der Waals surface area contributed by atoms with E-state index in [0.29, 0.717) is 26.9 Å². The minimum atomic E-state index is -1.21. The van der Waals surface area contributed by atoms with Crippen molar-refractivity contribution in [3.63, 3.8) is 0 Å². The van der Waals surface area contributed by atoms with E-state index in [4.69, 9.17) is 32.4 Å². The van der Waals surface area contributed by atoms with Gasteiger partial charge in [0.15, 0.2) is 0 Å². The molecule has 0 fully saturated rings. The Morgan fingerprint density at radius 3 is 2.46 bits per heavy atom. The van der Waals surface area contributed by atoms with Gasteiger partial charge in [-0.2, -0.15) is 0 Å². The van der Waals surface area contributed by atoms with Crippen LogP contribution in [0.25, 0.3) is 11.5 Å². The fourth-order valence-corrected chi connectivity index (χ4v) is 2.45. The van der Waals surface area contributed by atoms with Crippen molar-refractivity contribution in [3.05, 3.63) is 70.5 Å². The zero-order chi connectivity index (χ0) is 17.1. The highest BCUT2D eigenvalue weighted by molar-refractivity contribution is 6.31. The van der Waals surface area contributed by atoms with Crippen molar-refractivity contribution in [1.29, 1.82) is 0 Å². The second kappa shape index (κ2) is 6.95. The van der Waals surface area contributed by atoms with Gasteiger partial charge in [0.25, 0.3) is 0 Å². The van der Waals surface area contributed by atoms with Crippen molar-refractivity contribution >= 4 is 29.2 Å². The van der Waals surface area contributed by atoms with Crippen LogP contribution in [0.1, 0.15) is 11.7 Å². The van der Waals surface area contributed by atoms with E-state index < -0.39 is 12.1 Å². The van der Waals surface area contributed by atoms with E-state index >= 15 is 0 Å². The van der Waals surface area contributed by atoms with Gasteiger partial charge in [-0.25, -0.2) is 9.78 Å². The van der Waals surface area contributed by atoms with Crippen LogP contribution in [0.15, 0.2) is 59.3 Å². The number of ether oxygens (including phenoxy) is 1. The quantitative estimate of drug-likeness (QED) is 0.700. The maximum Gasteiger partial charge on any atom is 0.349 e. The highest BCUT2D eigenvalue weighted by atomic mass is 35.5. The van der Waals surface area contributed by atoms with E-state index in [1.807, 2.05) is 0 Å². The number of carboxylic acids is 1. The molecule has 122 valence electrons. The summed E-state index contributed by atoms with van der Waals surface area (Å²) in [5, 5.41) is 10.5. The van der Waals surface area contributed by atoms with Crippen LogP contribution < -0.4 is 4.74 Å². The molecule has 0 aliphatic carbocycles. The molecule has 1 atom stereocenters. The summed E-state index contributed by atoms with van der Waals surface area (Å²) in [4.78, 5) is 15.7. The van der Waals surface area contributed by atoms with Gasteiger partial charge in [0, 0.05) is 15.6 Å². The average molecular weight is 364 g/mol. The van der Waals surface area contributed by atoms with Gasteiger partial charge in [0.2, 0.25) is 12.0 Å². The van der Waals surface area contributed by atoms with Crippen molar-refractivity contribution in [2.24, 2.45) is 0 Å². The van der Waals surface area contributed by atoms with Crippen LogP contribution in [0.3, 0.4) is 0 Å². The molecule has 1 aromatic heterocycles. The predicted octanol–water partition coefficient (Wildman–Crippen LogP) is 4.85. The maximum atomic E-state index is 11.6. The van der Waals surface area contributed by atoms with E-state index in [-0.39, 0.29) is 5.89 Å². The number of oxazole rings is 1. The first-order valence-corrected chi connectivity index (χ1v) is 7.64. The lowest BCUT2D eigenvalue weighted by Crippen LogP contribution is -2.18. The van der Waals surface area contributed by atoms with Crippen LogP contribution in [0.5, 0.6) is 5.75 Å². The third-order valence-electron chi connectivity index (χ3n) is 3.25. The summed E-state index contributed by atoms with van der Waals surface area (Å²) in [5.41, 5.74) is 0.924. The number of halogens is 2. The third-order valence-corrected chi connectivity index (χ3v) is 3.73. The fraction of sp³-hybridized carbons (Fsp3) is 0.0588. The zero-order valence-corrected chi connectivity index (χ0v) is 13.7. The monoisotopic (exact) mass is 363 g/mol. The number of carboxylic acid groups (broad SMARTS) is 1. The Kier molecular flexibility index (Phi) is 4.74. The lowest BCUT2D eigenvalue weighted by atomic mass is 10.1. The lowest BCUT2D eigenvalue weighted by Gasteiger charge is -2.17. The number of aromatic nitrogens is 1. The Labute approximate surface area is 147 Å². The standard InChI is InChI=1S/C17H11Cl2NO4/c18-11-3-1-10(2-4-11)15(17(21)22)24-14-6-5-12(19)9-13(14)16-20-7-8-23-16/h1-9,15H,(H,21,22). The zero-order valence-electron chi connectivity index (χ0n) is 12.1. The molecule has 0 spiro atoms. The third kappa shape index (κ3) is 3.53. The van der Waals surface area contributed by atoms with Crippen LogP contribution in [0.2, 0.25) is 10.0 Å². The topological polar surface area (TPSA) is 72.6 Å². The number of hydrogen-bond acceptors (Lipinski definition) is 4. The summed E-state index contributed by atoms with van der Waals surface area (Å²) < 4.78 is 11.0. The molecule has 5 nitrogen and oxygen atoms in total. The Morgan fingerprint density at radius 2 is 1.83 bits per heavy atom. The molecule has 0 aliphatic rings. The molecule has 1 unspecified atom stereocenters. The predicted molar refractivity (Wildman–Crippen MR) is 89.4 cm³/mol. The molecular weight excluding hydrogens is 353 g/mol. The summed E-state index contributed by atoms with van der Waals surface area (Å²) in [5.74, 6) is -0.553. The number of carbonyl (C=O) groups is 1. The van der Waals surface area contributed by atoms with E-state index in [9.17, 15) is 9.90 Å². The molecule has 1 heterocycles. The smallest absolute Gasteiger partial charge is 0.349 e. The first kappa shape index (κ1) is 16.4. The molecule has 0 radical (unpaired) electrons. The maximum absolute atomic E-state index is 11.6. The fourth-order valence-electron chi connectivity index (χ4n) is 2.15. The summed E-state index contributed by atoms with van der Waals surface area (Å²) in [7, 11) is 0. The van der Waals surface area contributed by atoms with Crippen molar-refractivity contribution in [3.8, 4) is 17.2 Å². The Balaban J connectivity index is 1.99. The summed E-state index contributed by atoms with van der Waals surface area (Å²) >= 11 is 11.9. The van der Waals surface area contributed by atoms with Crippen LogP contribution in [0.4, 0.5) is 0 Å². The lowest BCUT2D eigenvalue weighted by molar-refractivity contribution is -0.145. The number of rotatable bonds is 5. The second-order valence-electron chi connectivity index (χ2n) is 4.87. The van der Waals surface area contributed by atoms with E-state index in [2.05, 4.69) is 4.98 Å². The highest BCUT2D eigenvalue weighted by Crippen LogP contribution is 2.34. The van der Waals surface area contributed by atoms with Gasteiger partial charge < -0.3 is 14.3 Å². The summed E-state index contributed by atoms with van der Waals surface area (Å²) in [6.45, 7) is 0. The van der Waals surface area contributed by atoms with Crippen LogP contribution >= 0.6 is 23.2 Å². The van der Waals surface area contributed by atoms with Crippen LogP contribution in [-0.4, -0.2) is 16.1 Å². The highest BCUT2D eigenvalue weighted by Gasteiger charge is 2.24. The SMILES string of the molecule is O=C(O)C(Oc1ccc(Cl)cc1-c1ncco1)c1ccc(Cl)cc1. The number of hydrogen-bond donors (Lipinski definition) is 1. The van der Waals surface area contributed by atoms with Crippen molar-refractivity contribution in [2.45, 2.75) is 6.10 Å². The molecule has 24 heavy (non-hydrogen) atoms. The Bertz CT molecular complexity index is 848. The Morgan fingerprint density at radius 1 is 1.12 bits per heavy atom. The van der Waals surface area contributed by atoms with Crippen LogP contribution in [-0.2, 0) is 4.79 Å². The van der Waals surface area contributed by atoms with Gasteiger partial charge in [0.05, 0.1) is 11.8 Å². The second-order valence-corrected chi connectivity index (χ2v) is 5.74. The van der Waals surface area contributed by atoms with Crippen molar-refractivity contribution in [1.82, 2.24) is 4.98 Å². The average Bonchev–Trinajstić information content (AvgIpc) is 3.09. The molecule has 0 bridgehead atoms. The van der Waals surface area contributed by atoms with Gasteiger partial charge in [-0.15, -0.1) is 0 Å².